The summed E-state index contributed by atoms with van der Waals surface area (Å²) in [6.07, 6.45) is 0.583. The Morgan fingerprint density at radius 3 is 2.33 bits per heavy atom. The molecule has 2 atom stereocenters. The number of amides is 1. The van der Waals surface area contributed by atoms with Crippen LogP contribution in [0.3, 0.4) is 0 Å². The van der Waals surface area contributed by atoms with Crippen molar-refractivity contribution in [2.45, 2.75) is 26.3 Å². The van der Waals surface area contributed by atoms with Gasteiger partial charge < -0.3 is 10.3 Å². The molecule has 0 saturated carbocycles. The van der Waals surface area contributed by atoms with Gasteiger partial charge in [0.05, 0.1) is 6.04 Å². The van der Waals surface area contributed by atoms with Crippen LogP contribution in [-0.2, 0) is 9.36 Å². The average molecular weight is 268 g/mol. The van der Waals surface area contributed by atoms with Crippen molar-refractivity contribution in [2.24, 2.45) is 11.7 Å². The summed E-state index contributed by atoms with van der Waals surface area (Å²) in [6.45, 7) is 5.63. The Balaban J connectivity index is 2.86. The van der Waals surface area contributed by atoms with Crippen LogP contribution in [0.15, 0.2) is 30.3 Å². The Morgan fingerprint density at radius 1 is 1.33 bits per heavy atom. The highest BCUT2D eigenvalue weighted by molar-refractivity contribution is 7.69. The molecule has 1 unspecified atom stereocenters. The Kier molecular flexibility index (Phi) is 5.12. The maximum absolute atomic E-state index is 12.6. The fourth-order valence-electron chi connectivity index (χ4n) is 1.79. The molecule has 0 bridgehead atoms. The normalized spacial score (nSPS) is 16.2. The van der Waals surface area contributed by atoms with Crippen molar-refractivity contribution in [3.8, 4) is 0 Å². The van der Waals surface area contributed by atoms with Gasteiger partial charge in [-0.2, -0.15) is 0 Å². The van der Waals surface area contributed by atoms with E-state index in [2.05, 4.69) is 5.09 Å². The molecule has 5 heteroatoms. The van der Waals surface area contributed by atoms with Gasteiger partial charge in [0.1, 0.15) is 0 Å². The van der Waals surface area contributed by atoms with Crippen LogP contribution in [0.25, 0.3) is 0 Å². The van der Waals surface area contributed by atoms with Crippen LogP contribution in [0, 0.1) is 5.92 Å². The van der Waals surface area contributed by atoms with Crippen LogP contribution in [-0.4, -0.2) is 18.6 Å². The van der Waals surface area contributed by atoms with Crippen LogP contribution in [0.1, 0.15) is 20.3 Å². The summed E-state index contributed by atoms with van der Waals surface area (Å²) in [7, 11) is -2.76. The molecule has 4 nitrogen and oxygen atoms in total. The lowest BCUT2D eigenvalue weighted by Crippen LogP contribution is -2.41. The van der Waals surface area contributed by atoms with E-state index in [1.165, 1.54) is 0 Å². The van der Waals surface area contributed by atoms with Gasteiger partial charge in [0.2, 0.25) is 5.91 Å². The van der Waals surface area contributed by atoms with Crippen molar-refractivity contribution in [1.29, 1.82) is 0 Å². The molecule has 1 rings (SSSR count). The molecule has 1 aromatic carbocycles. The van der Waals surface area contributed by atoms with Gasteiger partial charge in [0, 0.05) is 12.0 Å². The van der Waals surface area contributed by atoms with Crippen LogP contribution < -0.4 is 16.1 Å². The van der Waals surface area contributed by atoms with Gasteiger partial charge >= 0.3 is 0 Å². The first-order chi connectivity index (χ1) is 8.33. The van der Waals surface area contributed by atoms with Crippen molar-refractivity contribution >= 4 is 18.5 Å². The number of primary amides is 1. The zero-order valence-electron chi connectivity index (χ0n) is 11.1. The van der Waals surface area contributed by atoms with Gasteiger partial charge in [-0.05, 0) is 12.3 Å². The maximum atomic E-state index is 12.6. The summed E-state index contributed by atoms with van der Waals surface area (Å²) in [6, 6.07) is 8.55. The third kappa shape index (κ3) is 4.28. The second-order valence-electron chi connectivity index (χ2n) is 4.97. The number of nitrogens with one attached hydrogen (secondary N) is 1. The van der Waals surface area contributed by atoms with Gasteiger partial charge in [-0.3, -0.25) is 9.88 Å². The monoisotopic (exact) mass is 268 g/mol. The summed E-state index contributed by atoms with van der Waals surface area (Å²) in [5.74, 6) is -0.146. The third-order valence-corrected chi connectivity index (χ3v) is 4.79. The number of hydrogen-bond donors (Lipinski definition) is 2. The third-order valence-electron chi connectivity index (χ3n) is 2.70. The predicted molar refractivity (Wildman–Crippen MR) is 75.2 cm³/mol. The lowest BCUT2D eigenvalue weighted by atomic mass is 10.0. The second kappa shape index (κ2) is 6.17. The molecule has 100 valence electrons. The molecule has 0 aliphatic heterocycles. The van der Waals surface area contributed by atoms with E-state index in [1.807, 2.05) is 32.0 Å². The largest absolute Gasteiger partial charge is 0.368 e. The molecule has 0 radical (unpaired) electrons. The lowest BCUT2D eigenvalue weighted by molar-refractivity contribution is -0.119. The molecule has 0 fully saturated rings. The topological polar surface area (TPSA) is 72.2 Å². The van der Waals surface area contributed by atoms with Crippen molar-refractivity contribution < 1.29 is 9.36 Å². The van der Waals surface area contributed by atoms with Crippen LogP contribution in [0.4, 0.5) is 0 Å². The Bertz CT molecular complexity index is 446. The Hall–Kier alpha value is -1.12. The lowest BCUT2D eigenvalue weighted by Gasteiger charge is -2.22. The number of rotatable bonds is 6. The molecule has 1 aromatic rings. The molecular formula is C13H21N2O2P. The molecule has 18 heavy (non-hydrogen) atoms. The van der Waals surface area contributed by atoms with Crippen molar-refractivity contribution in [3.05, 3.63) is 30.3 Å². The van der Waals surface area contributed by atoms with Crippen LogP contribution in [0.5, 0.6) is 0 Å². The van der Waals surface area contributed by atoms with Gasteiger partial charge in [0.25, 0.3) is 0 Å². The zero-order valence-corrected chi connectivity index (χ0v) is 12.0. The highest BCUT2D eigenvalue weighted by Crippen LogP contribution is 2.35. The smallest absolute Gasteiger partial charge is 0.234 e. The summed E-state index contributed by atoms with van der Waals surface area (Å²) in [4.78, 5) is 11.4. The second-order valence-corrected chi connectivity index (χ2v) is 7.60. The molecule has 0 aliphatic rings. The number of carbonyl (C=O) groups excluding carboxylic acids is 1. The van der Waals surface area contributed by atoms with E-state index in [0.29, 0.717) is 17.6 Å². The maximum Gasteiger partial charge on any atom is 0.234 e. The van der Waals surface area contributed by atoms with Crippen LogP contribution >= 0.6 is 7.29 Å². The molecule has 0 heterocycles. The van der Waals surface area contributed by atoms with Gasteiger partial charge in [0.15, 0.2) is 7.29 Å². The fraction of sp³-hybridized carbons (Fsp3) is 0.462. The van der Waals surface area contributed by atoms with Crippen molar-refractivity contribution in [2.75, 3.05) is 6.66 Å². The first-order valence-corrected chi connectivity index (χ1v) is 8.18. The zero-order chi connectivity index (χ0) is 13.8. The number of carbonyl (C=O) groups is 1. The quantitative estimate of drug-likeness (QED) is 0.771. The SMILES string of the molecule is CC(C)CC(N[P@@](C)(=O)c1ccccc1)C(N)=O. The Labute approximate surface area is 108 Å². The molecule has 0 aromatic heterocycles. The van der Waals surface area contributed by atoms with E-state index in [-0.39, 0.29) is 0 Å². The van der Waals surface area contributed by atoms with E-state index in [1.54, 1.807) is 18.8 Å². The Morgan fingerprint density at radius 2 is 1.89 bits per heavy atom. The predicted octanol–water partition coefficient (Wildman–Crippen LogP) is 1.71. The summed E-state index contributed by atoms with van der Waals surface area (Å²) < 4.78 is 12.6. The minimum absolute atomic E-state index is 0.311. The van der Waals surface area contributed by atoms with Gasteiger partial charge in [-0.25, -0.2) is 0 Å². The van der Waals surface area contributed by atoms with E-state index in [0.717, 1.165) is 0 Å². The standard InChI is InChI=1S/C13H21N2O2P/c1-10(2)9-12(13(14)16)15-18(3,17)11-7-5-4-6-8-11/h4-8,10,12H,9H2,1-3H3,(H2,14,16)(H,15,17)/t12?,18-/m0/s1. The molecule has 3 N–H and O–H groups in total. The van der Waals surface area contributed by atoms with Crippen molar-refractivity contribution in [1.82, 2.24) is 5.09 Å². The first-order valence-electron chi connectivity index (χ1n) is 6.03. The minimum Gasteiger partial charge on any atom is -0.368 e. The number of nitrogens with two attached hydrogens (primary N) is 1. The molecule has 0 spiro atoms. The van der Waals surface area contributed by atoms with Crippen molar-refractivity contribution in [3.63, 3.8) is 0 Å². The van der Waals surface area contributed by atoms with Gasteiger partial charge in [-0.1, -0.05) is 44.2 Å². The summed E-state index contributed by atoms with van der Waals surface area (Å²) in [5.41, 5.74) is 5.35. The van der Waals surface area contributed by atoms with Crippen LogP contribution in [0.2, 0.25) is 0 Å². The average Bonchev–Trinajstić information content (AvgIpc) is 2.28. The van der Waals surface area contributed by atoms with E-state index < -0.39 is 19.2 Å². The molecule has 1 amide bonds. The minimum atomic E-state index is -2.76. The van der Waals surface area contributed by atoms with E-state index >= 15 is 0 Å². The molecular weight excluding hydrogens is 247 g/mol. The fourth-order valence-corrected chi connectivity index (χ4v) is 3.51. The summed E-state index contributed by atoms with van der Waals surface area (Å²) in [5, 5.41) is 3.63. The molecule has 0 saturated heterocycles. The highest BCUT2D eigenvalue weighted by atomic mass is 31.2. The van der Waals surface area contributed by atoms with Gasteiger partial charge in [-0.15, -0.1) is 0 Å². The number of benzene rings is 1. The summed E-state index contributed by atoms with van der Waals surface area (Å²) >= 11 is 0. The van der Waals surface area contributed by atoms with E-state index in [9.17, 15) is 9.36 Å². The van der Waals surface area contributed by atoms with E-state index in [4.69, 9.17) is 5.73 Å². The molecule has 0 aliphatic carbocycles. The first kappa shape index (κ1) is 14.9. The number of hydrogen-bond acceptors (Lipinski definition) is 2. The highest BCUT2D eigenvalue weighted by Gasteiger charge is 2.26.